The van der Waals surface area contributed by atoms with Gasteiger partial charge >= 0.3 is 11.6 Å². The van der Waals surface area contributed by atoms with Gasteiger partial charge in [0.25, 0.3) is 0 Å². The van der Waals surface area contributed by atoms with Gasteiger partial charge in [-0.2, -0.15) is 4.73 Å². The zero-order chi connectivity index (χ0) is 17.1. The summed E-state index contributed by atoms with van der Waals surface area (Å²) in [6.07, 6.45) is 3.26. The van der Waals surface area contributed by atoms with Gasteiger partial charge in [0.2, 0.25) is 0 Å². The predicted molar refractivity (Wildman–Crippen MR) is 86.4 cm³/mol. The van der Waals surface area contributed by atoms with Crippen LogP contribution in [0.25, 0.3) is 11.0 Å². The molecule has 0 saturated heterocycles. The number of nitrogens with zero attached hydrogens (tertiary/aromatic N) is 1. The Kier molecular flexibility index (Phi) is 4.29. The van der Waals surface area contributed by atoms with Gasteiger partial charge in [0.05, 0.1) is 5.56 Å². The lowest BCUT2D eigenvalue weighted by Gasteiger charge is -2.08. The van der Waals surface area contributed by atoms with Crippen molar-refractivity contribution < 1.29 is 18.7 Å². The fourth-order valence-corrected chi connectivity index (χ4v) is 2.39. The molecule has 122 valence electrons. The zero-order valence-corrected chi connectivity index (χ0v) is 13.0. The maximum absolute atomic E-state index is 12.0. The predicted octanol–water partition coefficient (Wildman–Crippen LogP) is 2.35. The fourth-order valence-electron chi connectivity index (χ4n) is 2.39. The minimum atomic E-state index is -0.567. The third-order valence-electron chi connectivity index (χ3n) is 3.70. The van der Waals surface area contributed by atoms with E-state index in [4.69, 9.17) is 9.15 Å². The van der Waals surface area contributed by atoms with E-state index in [0.717, 1.165) is 17.4 Å². The second-order valence-electron chi connectivity index (χ2n) is 5.30. The highest BCUT2D eigenvalue weighted by molar-refractivity contribution is 5.89. The molecule has 0 amide bonds. The lowest BCUT2D eigenvalue weighted by molar-refractivity contribution is -0.605. The summed E-state index contributed by atoms with van der Waals surface area (Å²) in [6.45, 7) is 1.95. The van der Waals surface area contributed by atoms with Gasteiger partial charge in [0.1, 0.15) is 12.2 Å². The van der Waals surface area contributed by atoms with E-state index in [1.807, 2.05) is 25.1 Å². The molecule has 24 heavy (non-hydrogen) atoms. The van der Waals surface area contributed by atoms with Gasteiger partial charge in [-0.3, -0.25) is 0 Å². The lowest BCUT2D eigenvalue weighted by Crippen LogP contribution is -2.24. The maximum atomic E-state index is 12.0. The minimum Gasteiger partial charge on any atom is -0.619 e. The minimum absolute atomic E-state index is 0.0569. The molecule has 6 heteroatoms. The molecule has 0 fully saturated rings. The zero-order valence-electron chi connectivity index (χ0n) is 13.0. The standard InChI is InChI=1S/C18H15NO5/c1-2-12-3-4-15-14(10-17(20)24-16(15)9-12)11-23-18(21)13-5-7-19(22)8-6-13/h3-10H,2,11H2,1H3. The first-order chi connectivity index (χ1) is 11.6. The number of carbonyl (C=O) groups is 1. The molecule has 0 atom stereocenters. The lowest BCUT2D eigenvalue weighted by atomic mass is 10.1. The van der Waals surface area contributed by atoms with Gasteiger partial charge in [-0.15, -0.1) is 0 Å². The first-order valence-corrected chi connectivity index (χ1v) is 7.48. The van der Waals surface area contributed by atoms with Crippen LogP contribution in [0.2, 0.25) is 0 Å². The van der Waals surface area contributed by atoms with Crippen LogP contribution in [0, 0.1) is 5.21 Å². The number of pyridine rings is 1. The molecule has 0 spiro atoms. The van der Waals surface area contributed by atoms with Crippen LogP contribution in [0.1, 0.15) is 28.4 Å². The highest BCUT2D eigenvalue weighted by Gasteiger charge is 2.12. The van der Waals surface area contributed by atoms with E-state index in [0.29, 0.717) is 15.9 Å². The molecular weight excluding hydrogens is 310 g/mol. The van der Waals surface area contributed by atoms with Crippen LogP contribution in [0.3, 0.4) is 0 Å². The highest BCUT2D eigenvalue weighted by atomic mass is 16.5. The molecule has 0 unspecified atom stereocenters. The average molecular weight is 325 g/mol. The Morgan fingerprint density at radius 1 is 1.21 bits per heavy atom. The summed E-state index contributed by atoms with van der Waals surface area (Å²) in [7, 11) is 0. The van der Waals surface area contributed by atoms with Crippen LogP contribution in [0.15, 0.2) is 58.0 Å². The number of aromatic nitrogens is 1. The number of benzene rings is 1. The van der Waals surface area contributed by atoms with Gasteiger partial charge in [0.15, 0.2) is 12.4 Å². The molecule has 2 aromatic heterocycles. The van der Waals surface area contributed by atoms with Crippen LogP contribution in [0.4, 0.5) is 0 Å². The molecule has 0 saturated carbocycles. The Labute approximate surface area is 137 Å². The van der Waals surface area contributed by atoms with Crippen molar-refractivity contribution in [2.24, 2.45) is 0 Å². The van der Waals surface area contributed by atoms with Gasteiger partial charge in [-0.25, -0.2) is 9.59 Å². The average Bonchev–Trinajstić information content (AvgIpc) is 2.59. The fraction of sp³-hybridized carbons (Fsp3) is 0.167. The number of aryl methyl sites for hydroxylation is 1. The summed E-state index contributed by atoms with van der Waals surface area (Å²) >= 11 is 0. The van der Waals surface area contributed by atoms with Gasteiger partial charge in [0, 0.05) is 29.1 Å². The second kappa shape index (κ2) is 6.54. The van der Waals surface area contributed by atoms with Crippen LogP contribution in [0.5, 0.6) is 0 Å². The van der Waals surface area contributed by atoms with Crippen LogP contribution in [-0.4, -0.2) is 5.97 Å². The molecule has 0 radical (unpaired) electrons. The third kappa shape index (κ3) is 3.27. The normalized spacial score (nSPS) is 10.7. The first-order valence-electron chi connectivity index (χ1n) is 7.48. The summed E-state index contributed by atoms with van der Waals surface area (Å²) in [5, 5.41) is 11.7. The number of hydrogen-bond acceptors (Lipinski definition) is 5. The molecule has 2 heterocycles. The SMILES string of the molecule is CCc1ccc2c(COC(=O)c3cc[n+]([O-])cc3)cc(=O)oc2c1. The van der Waals surface area contributed by atoms with Crippen LogP contribution in [-0.2, 0) is 17.8 Å². The molecule has 3 aromatic rings. The molecule has 0 N–H and O–H groups in total. The van der Waals surface area contributed by atoms with Gasteiger partial charge in [-0.05, 0) is 18.1 Å². The van der Waals surface area contributed by atoms with Crippen molar-refractivity contribution in [2.75, 3.05) is 0 Å². The van der Waals surface area contributed by atoms with Crippen molar-refractivity contribution >= 4 is 16.9 Å². The van der Waals surface area contributed by atoms with E-state index in [-0.39, 0.29) is 12.2 Å². The van der Waals surface area contributed by atoms with Crippen molar-refractivity contribution in [1.29, 1.82) is 0 Å². The van der Waals surface area contributed by atoms with E-state index >= 15 is 0 Å². The van der Waals surface area contributed by atoms with Crippen molar-refractivity contribution in [1.82, 2.24) is 0 Å². The maximum Gasteiger partial charge on any atom is 0.338 e. The summed E-state index contributed by atoms with van der Waals surface area (Å²) in [5.41, 5.74) is 1.87. The molecule has 0 aliphatic carbocycles. The molecule has 0 aliphatic rings. The van der Waals surface area contributed by atoms with E-state index in [9.17, 15) is 14.8 Å². The second-order valence-corrected chi connectivity index (χ2v) is 5.30. The molecule has 1 aromatic carbocycles. The topological polar surface area (TPSA) is 83.5 Å². The molecule has 0 bridgehead atoms. The summed E-state index contributed by atoms with van der Waals surface area (Å²) in [6, 6.07) is 9.67. The van der Waals surface area contributed by atoms with E-state index < -0.39 is 11.6 Å². The van der Waals surface area contributed by atoms with Crippen LogP contribution < -0.4 is 10.4 Å². The number of esters is 1. The quantitative estimate of drug-likeness (QED) is 0.318. The molecule has 0 aliphatic heterocycles. The first kappa shape index (κ1) is 15.7. The Bertz CT molecular complexity index is 944. The monoisotopic (exact) mass is 325 g/mol. The Balaban J connectivity index is 1.85. The number of hydrogen-bond donors (Lipinski definition) is 0. The van der Waals surface area contributed by atoms with E-state index in [1.165, 1.54) is 30.6 Å². The number of fused-ring (bicyclic) bond motifs is 1. The number of carbonyl (C=O) groups excluding carboxylic acids is 1. The molecule has 6 nitrogen and oxygen atoms in total. The summed E-state index contributed by atoms with van der Waals surface area (Å²) in [5.74, 6) is -0.567. The molecular formula is C18H15NO5. The highest BCUT2D eigenvalue weighted by Crippen LogP contribution is 2.20. The smallest absolute Gasteiger partial charge is 0.338 e. The van der Waals surface area contributed by atoms with Crippen molar-refractivity contribution in [2.45, 2.75) is 20.0 Å². The summed E-state index contributed by atoms with van der Waals surface area (Å²) < 4.78 is 11.0. The Morgan fingerprint density at radius 3 is 2.67 bits per heavy atom. The van der Waals surface area contributed by atoms with Crippen molar-refractivity contribution in [3.63, 3.8) is 0 Å². The van der Waals surface area contributed by atoms with Gasteiger partial charge in [-0.1, -0.05) is 19.1 Å². The van der Waals surface area contributed by atoms with Crippen LogP contribution >= 0.6 is 0 Å². The van der Waals surface area contributed by atoms with E-state index in [1.54, 1.807) is 0 Å². The largest absolute Gasteiger partial charge is 0.619 e. The van der Waals surface area contributed by atoms with E-state index in [2.05, 4.69) is 0 Å². The summed E-state index contributed by atoms with van der Waals surface area (Å²) in [4.78, 5) is 23.7. The Hall–Kier alpha value is -3.15. The van der Waals surface area contributed by atoms with Crippen molar-refractivity contribution in [3.05, 3.63) is 81.1 Å². The number of rotatable bonds is 4. The third-order valence-corrected chi connectivity index (χ3v) is 3.70. The molecule has 3 rings (SSSR count). The number of ether oxygens (including phenoxy) is 1. The Morgan fingerprint density at radius 2 is 1.96 bits per heavy atom. The van der Waals surface area contributed by atoms with Gasteiger partial charge < -0.3 is 14.4 Å². The van der Waals surface area contributed by atoms with Crippen molar-refractivity contribution in [3.8, 4) is 0 Å².